The summed E-state index contributed by atoms with van der Waals surface area (Å²) >= 11 is 0. The molecule has 0 atom stereocenters. The summed E-state index contributed by atoms with van der Waals surface area (Å²) in [6, 6.07) is 11.3. The second-order valence-corrected chi connectivity index (χ2v) is 6.68. The molecule has 154 valence electrons. The Hall–Kier alpha value is -3.95. The molecule has 0 saturated carbocycles. The molecule has 1 aliphatic rings. The van der Waals surface area contributed by atoms with E-state index in [2.05, 4.69) is 25.2 Å². The van der Waals surface area contributed by atoms with Crippen molar-refractivity contribution in [2.45, 2.75) is 0 Å². The molecule has 1 aliphatic heterocycles. The summed E-state index contributed by atoms with van der Waals surface area (Å²) in [5, 5.41) is 14.8. The van der Waals surface area contributed by atoms with Gasteiger partial charge < -0.3 is 19.9 Å². The SMILES string of the molecule is COc1ccc(N2CCN(c3ncnc(Nc4ccncc4)c3[N+](=O)[O-])CC2)cc1. The number of methoxy groups -OCH3 is 1. The number of aromatic nitrogens is 3. The van der Waals surface area contributed by atoms with Crippen molar-refractivity contribution in [3.63, 3.8) is 0 Å². The van der Waals surface area contributed by atoms with Crippen molar-refractivity contribution >= 4 is 28.7 Å². The van der Waals surface area contributed by atoms with Crippen LogP contribution in [0.3, 0.4) is 0 Å². The van der Waals surface area contributed by atoms with Crippen molar-refractivity contribution in [3.05, 3.63) is 65.2 Å². The van der Waals surface area contributed by atoms with Gasteiger partial charge in [0.1, 0.15) is 12.1 Å². The second-order valence-electron chi connectivity index (χ2n) is 6.68. The largest absolute Gasteiger partial charge is 0.497 e. The Morgan fingerprint density at radius 1 is 1.00 bits per heavy atom. The smallest absolute Gasteiger partial charge is 0.353 e. The maximum atomic E-state index is 11.8. The van der Waals surface area contributed by atoms with E-state index in [1.165, 1.54) is 6.33 Å². The highest BCUT2D eigenvalue weighted by Crippen LogP contribution is 2.34. The summed E-state index contributed by atoms with van der Waals surface area (Å²) < 4.78 is 5.21. The first-order valence-electron chi connectivity index (χ1n) is 9.46. The van der Waals surface area contributed by atoms with Crippen LogP contribution in [0.2, 0.25) is 0 Å². The second kappa shape index (κ2) is 8.60. The zero-order valence-corrected chi connectivity index (χ0v) is 16.4. The maximum absolute atomic E-state index is 11.8. The fraction of sp³-hybridized carbons (Fsp3) is 0.250. The Morgan fingerprint density at radius 3 is 2.30 bits per heavy atom. The van der Waals surface area contributed by atoms with Crippen LogP contribution in [-0.4, -0.2) is 53.2 Å². The van der Waals surface area contributed by atoms with Crippen LogP contribution < -0.4 is 19.9 Å². The molecule has 10 nitrogen and oxygen atoms in total. The molecule has 1 fully saturated rings. The lowest BCUT2D eigenvalue weighted by Gasteiger charge is -2.36. The van der Waals surface area contributed by atoms with Gasteiger partial charge in [-0.2, -0.15) is 0 Å². The molecule has 1 N–H and O–H groups in total. The average molecular weight is 407 g/mol. The van der Waals surface area contributed by atoms with Gasteiger partial charge in [0, 0.05) is 49.9 Å². The number of hydrogen-bond acceptors (Lipinski definition) is 9. The minimum absolute atomic E-state index is 0.132. The molecule has 0 radical (unpaired) electrons. The van der Waals surface area contributed by atoms with Crippen LogP contribution in [0.1, 0.15) is 0 Å². The third-order valence-electron chi connectivity index (χ3n) is 4.95. The Kier molecular flexibility index (Phi) is 5.55. The van der Waals surface area contributed by atoms with Crippen LogP contribution in [0.4, 0.5) is 28.7 Å². The molecule has 4 rings (SSSR count). The van der Waals surface area contributed by atoms with Gasteiger partial charge in [-0.15, -0.1) is 0 Å². The van der Waals surface area contributed by atoms with Crippen LogP contribution in [-0.2, 0) is 0 Å². The van der Waals surface area contributed by atoms with E-state index in [0.29, 0.717) is 24.6 Å². The van der Waals surface area contributed by atoms with E-state index in [1.807, 2.05) is 29.2 Å². The fourth-order valence-electron chi connectivity index (χ4n) is 3.40. The van der Waals surface area contributed by atoms with Crippen molar-refractivity contribution < 1.29 is 9.66 Å². The fourth-order valence-corrected chi connectivity index (χ4v) is 3.40. The summed E-state index contributed by atoms with van der Waals surface area (Å²) in [6.45, 7) is 2.67. The lowest BCUT2D eigenvalue weighted by Crippen LogP contribution is -2.47. The lowest BCUT2D eigenvalue weighted by atomic mass is 10.2. The van der Waals surface area contributed by atoms with Gasteiger partial charge in [-0.05, 0) is 36.4 Å². The van der Waals surface area contributed by atoms with Crippen molar-refractivity contribution in [1.29, 1.82) is 0 Å². The first-order valence-corrected chi connectivity index (χ1v) is 9.46. The molecule has 0 bridgehead atoms. The van der Waals surface area contributed by atoms with Gasteiger partial charge in [0.25, 0.3) is 0 Å². The van der Waals surface area contributed by atoms with Crippen molar-refractivity contribution in [2.24, 2.45) is 0 Å². The highest BCUT2D eigenvalue weighted by molar-refractivity contribution is 5.74. The number of rotatable bonds is 6. The first kappa shape index (κ1) is 19.4. The molecule has 0 spiro atoms. The molecule has 0 amide bonds. The molecule has 3 aromatic rings. The molecule has 3 heterocycles. The van der Waals surface area contributed by atoms with E-state index in [0.717, 1.165) is 24.5 Å². The molecule has 0 aliphatic carbocycles. The standard InChI is InChI=1S/C20H21N7O3/c1-30-17-4-2-16(3-5-17)25-10-12-26(13-11-25)20-18(27(28)29)19(22-14-23-20)24-15-6-8-21-9-7-15/h2-9,14H,10-13H2,1H3,(H,21,22,23,24). The Bertz CT molecular complexity index is 1010. The minimum Gasteiger partial charge on any atom is -0.497 e. The van der Waals surface area contributed by atoms with E-state index in [9.17, 15) is 10.1 Å². The van der Waals surface area contributed by atoms with Gasteiger partial charge >= 0.3 is 5.69 Å². The number of piperazine rings is 1. The van der Waals surface area contributed by atoms with E-state index in [1.54, 1.807) is 31.6 Å². The first-order chi connectivity index (χ1) is 14.7. The summed E-state index contributed by atoms with van der Waals surface area (Å²) in [5.74, 6) is 1.29. The number of pyridine rings is 1. The zero-order valence-electron chi connectivity index (χ0n) is 16.4. The summed E-state index contributed by atoms with van der Waals surface area (Å²) in [4.78, 5) is 27.9. The number of nitrogens with one attached hydrogen (secondary N) is 1. The average Bonchev–Trinajstić information content (AvgIpc) is 2.79. The van der Waals surface area contributed by atoms with Crippen LogP contribution >= 0.6 is 0 Å². The molecular formula is C20H21N7O3. The molecule has 2 aromatic heterocycles. The van der Waals surface area contributed by atoms with Crippen molar-refractivity contribution in [2.75, 3.05) is 48.4 Å². The normalized spacial score (nSPS) is 13.8. The summed E-state index contributed by atoms with van der Waals surface area (Å²) in [6.07, 6.45) is 4.56. The number of nitro groups is 1. The monoisotopic (exact) mass is 407 g/mol. The Morgan fingerprint density at radius 2 is 1.67 bits per heavy atom. The zero-order chi connectivity index (χ0) is 20.9. The highest BCUT2D eigenvalue weighted by Gasteiger charge is 2.29. The number of hydrogen-bond donors (Lipinski definition) is 1. The third-order valence-corrected chi connectivity index (χ3v) is 4.95. The predicted octanol–water partition coefficient (Wildman–Crippen LogP) is 2.86. The maximum Gasteiger partial charge on any atom is 0.353 e. The van der Waals surface area contributed by atoms with E-state index in [-0.39, 0.29) is 11.5 Å². The van der Waals surface area contributed by atoms with Crippen LogP contribution in [0.25, 0.3) is 0 Å². The lowest BCUT2D eigenvalue weighted by molar-refractivity contribution is -0.383. The number of nitrogens with zero attached hydrogens (tertiary/aromatic N) is 6. The predicted molar refractivity (Wildman–Crippen MR) is 114 cm³/mol. The van der Waals surface area contributed by atoms with Crippen LogP contribution in [0.5, 0.6) is 5.75 Å². The molecule has 30 heavy (non-hydrogen) atoms. The highest BCUT2D eigenvalue weighted by atomic mass is 16.6. The van der Waals surface area contributed by atoms with Crippen molar-refractivity contribution in [3.8, 4) is 5.75 Å². The van der Waals surface area contributed by atoms with Crippen LogP contribution in [0.15, 0.2) is 55.1 Å². The molecule has 1 saturated heterocycles. The van der Waals surface area contributed by atoms with Gasteiger partial charge in [-0.3, -0.25) is 15.1 Å². The Labute approximate surface area is 173 Å². The van der Waals surface area contributed by atoms with Gasteiger partial charge in [-0.1, -0.05) is 0 Å². The van der Waals surface area contributed by atoms with Gasteiger partial charge in [0.05, 0.1) is 12.0 Å². The van der Waals surface area contributed by atoms with Gasteiger partial charge in [0.15, 0.2) is 0 Å². The van der Waals surface area contributed by atoms with E-state index < -0.39 is 4.92 Å². The quantitative estimate of drug-likeness (QED) is 0.487. The van der Waals surface area contributed by atoms with Gasteiger partial charge in [0.2, 0.25) is 11.6 Å². The summed E-state index contributed by atoms with van der Waals surface area (Å²) in [5.41, 5.74) is 1.63. The number of ether oxygens (including phenoxy) is 1. The van der Waals surface area contributed by atoms with Crippen LogP contribution in [0, 0.1) is 10.1 Å². The Balaban J connectivity index is 1.52. The third kappa shape index (κ3) is 4.07. The minimum atomic E-state index is -0.436. The van der Waals surface area contributed by atoms with Crippen molar-refractivity contribution in [1.82, 2.24) is 15.0 Å². The number of anilines is 4. The van der Waals surface area contributed by atoms with Gasteiger partial charge in [-0.25, -0.2) is 9.97 Å². The molecule has 10 heteroatoms. The molecule has 1 aromatic carbocycles. The van der Waals surface area contributed by atoms with E-state index in [4.69, 9.17) is 4.74 Å². The number of benzene rings is 1. The molecule has 0 unspecified atom stereocenters. The topological polar surface area (TPSA) is 110 Å². The molecular weight excluding hydrogens is 386 g/mol. The van der Waals surface area contributed by atoms with E-state index >= 15 is 0 Å². The summed E-state index contributed by atoms with van der Waals surface area (Å²) in [7, 11) is 1.64.